The van der Waals surface area contributed by atoms with E-state index < -0.39 is 17.9 Å². The molecule has 6 nitrogen and oxygen atoms in total. The zero-order valence-corrected chi connectivity index (χ0v) is 13.4. The van der Waals surface area contributed by atoms with Gasteiger partial charge in [-0.25, -0.2) is 4.79 Å². The molecule has 0 saturated carbocycles. The van der Waals surface area contributed by atoms with Gasteiger partial charge >= 0.3 is 5.97 Å². The van der Waals surface area contributed by atoms with Gasteiger partial charge in [-0.1, -0.05) is 13.8 Å². The van der Waals surface area contributed by atoms with Crippen LogP contribution < -0.4 is 14.8 Å². The SMILES string of the molecule is COc1ccc(OCC(=O)NC(CC(C)C)C(=O)O)cc1C. The molecule has 1 aromatic rings. The van der Waals surface area contributed by atoms with Crippen LogP contribution in [-0.4, -0.2) is 36.7 Å². The Balaban J connectivity index is 2.54. The summed E-state index contributed by atoms with van der Waals surface area (Å²) in [6.07, 6.45) is 0.378. The molecule has 1 aromatic carbocycles. The van der Waals surface area contributed by atoms with E-state index in [1.807, 2.05) is 20.8 Å². The number of carboxylic acids is 1. The Morgan fingerprint density at radius 3 is 2.50 bits per heavy atom. The molecule has 0 bridgehead atoms. The van der Waals surface area contributed by atoms with Crippen LogP contribution in [0.25, 0.3) is 0 Å². The topological polar surface area (TPSA) is 84.9 Å². The standard InChI is InChI=1S/C16H23NO5/c1-10(2)7-13(16(19)20)17-15(18)9-22-12-5-6-14(21-4)11(3)8-12/h5-6,8,10,13H,7,9H2,1-4H3,(H,17,18)(H,19,20). The van der Waals surface area contributed by atoms with Crippen molar-refractivity contribution in [2.24, 2.45) is 5.92 Å². The summed E-state index contributed by atoms with van der Waals surface area (Å²) in [5.41, 5.74) is 0.892. The first kappa shape index (κ1) is 17.8. The number of hydrogen-bond acceptors (Lipinski definition) is 4. The van der Waals surface area contributed by atoms with Crippen LogP contribution in [0.4, 0.5) is 0 Å². The summed E-state index contributed by atoms with van der Waals surface area (Å²) in [5, 5.41) is 11.5. The van der Waals surface area contributed by atoms with Crippen LogP contribution in [0.5, 0.6) is 11.5 Å². The molecule has 0 spiro atoms. The Bertz CT molecular complexity index is 527. The van der Waals surface area contributed by atoms with Gasteiger partial charge in [0.25, 0.3) is 5.91 Å². The predicted octanol–water partition coefficient (Wildman–Crippen LogP) is 2.00. The number of aryl methyl sites for hydroxylation is 1. The molecular formula is C16H23NO5. The maximum absolute atomic E-state index is 11.8. The van der Waals surface area contributed by atoms with E-state index in [0.717, 1.165) is 11.3 Å². The van der Waals surface area contributed by atoms with Crippen molar-refractivity contribution in [1.82, 2.24) is 5.32 Å². The van der Waals surface area contributed by atoms with Gasteiger partial charge in [0.15, 0.2) is 6.61 Å². The number of carbonyl (C=O) groups is 2. The fourth-order valence-electron chi connectivity index (χ4n) is 2.02. The Morgan fingerprint density at radius 2 is 2.00 bits per heavy atom. The van der Waals surface area contributed by atoms with Crippen molar-refractivity contribution in [2.45, 2.75) is 33.2 Å². The van der Waals surface area contributed by atoms with Crippen LogP contribution >= 0.6 is 0 Å². The molecule has 0 fully saturated rings. The van der Waals surface area contributed by atoms with E-state index in [2.05, 4.69) is 5.32 Å². The zero-order chi connectivity index (χ0) is 16.7. The molecule has 0 aliphatic heterocycles. The lowest BCUT2D eigenvalue weighted by molar-refractivity contribution is -0.142. The van der Waals surface area contributed by atoms with Crippen LogP contribution in [0.1, 0.15) is 25.8 Å². The van der Waals surface area contributed by atoms with Gasteiger partial charge in [0.05, 0.1) is 7.11 Å². The van der Waals surface area contributed by atoms with Crippen LogP contribution in [0.15, 0.2) is 18.2 Å². The van der Waals surface area contributed by atoms with Gasteiger partial charge in [0.2, 0.25) is 0 Å². The van der Waals surface area contributed by atoms with Crippen LogP contribution in [-0.2, 0) is 9.59 Å². The molecule has 0 aliphatic carbocycles. The average molecular weight is 309 g/mol. The van der Waals surface area contributed by atoms with Crippen molar-refractivity contribution >= 4 is 11.9 Å². The molecule has 0 saturated heterocycles. The first-order valence-electron chi connectivity index (χ1n) is 7.13. The van der Waals surface area contributed by atoms with Gasteiger partial charge in [0.1, 0.15) is 17.5 Å². The van der Waals surface area contributed by atoms with E-state index in [1.54, 1.807) is 25.3 Å². The first-order valence-corrected chi connectivity index (χ1v) is 7.13. The van der Waals surface area contributed by atoms with Gasteiger partial charge in [0, 0.05) is 0 Å². The molecule has 122 valence electrons. The van der Waals surface area contributed by atoms with E-state index in [-0.39, 0.29) is 12.5 Å². The number of rotatable bonds is 8. The number of ether oxygens (including phenoxy) is 2. The highest BCUT2D eigenvalue weighted by Gasteiger charge is 2.21. The summed E-state index contributed by atoms with van der Waals surface area (Å²) in [4.78, 5) is 22.9. The lowest BCUT2D eigenvalue weighted by atomic mass is 10.0. The molecule has 1 unspecified atom stereocenters. The largest absolute Gasteiger partial charge is 0.496 e. The molecule has 0 aliphatic rings. The second kappa shape index (κ2) is 8.26. The first-order chi connectivity index (χ1) is 10.3. The highest BCUT2D eigenvalue weighted by molar-refractivity contribution is 5.84. The second-order valence-electron chi connectivity index (χ2n) is 5.51. The monoisotopic (exact) mass is 309 g/mol. The van der Waals surface area contributed by atoms with E-state index in [9.17, 15) is 9.59 Å². The Kier molecular flexibility index (Phi) is 6.69. The number of methoxy groups -OCH3 is 1. The summed E-state index contributed by atoms with van der Waals surface area (Å²) >= 11 is 0. The lowest BCUT2D eigenvalue weighted by Crippen LogP contribution is -2.43. The maximum atomic E-state index is 11.8. The average Bonchev–Trinajstić information content (AvgIpc) is 2.44. The van der Waals surface area contributed by atoms with Crippen LogP contribution in [0.3, 0.4) is 0 Å². The molecule has 1 rings (SSSR count). The molecule has 0 aromatic heterocycles. The third-order valence-electron chi connectivity index (χ3n) is 3.08. The van der Waals surface area contributed by atoms with Crippen molar-refractivity contribution in [1.29, 1.82) is 0 Å². The van der Waals surface area contributed by atoms with Gasteiger partial charge in [-0.2, -0.15) is 0 Å². The molecule has 0 heterocycles. The van der Waals surface area contributed by atoms with Crippen LogP contribution in [0, 0.1) is 12.8 Å². The number of aliphatic carboxylic acids is 1. The van der Waals surface area contributed by atoms with Crippen molar-refractivity contribution in [2.75, 3.05) is 13.7 Å². The normalized spacial score (nSPS) is 11.9. The zero-order valence-electron chi connectivity index (χ0n) is 13.4. The van der Waals surface area contributed by atoms with E-state index >= 15 is 0 Å². The maximum Gasteiger partial charge on any atom is 0.326 e. The third-order valence-corrected chi connectivity index (χ3v) is 3.08. The Morgan fingerprint density at radius 1 is 1.32 bits per heavy atom. The molecule has 22 heavy (non-hydrogen) atoms. The Labute approximate surface area is 130 Å². The number of carboxylic acid groups (broad SMARTS) is 1. The smallest absolute Gasteiger partial charge is 0.326 e. The molecule has 2 N–H and O–H groups in total. The van der Waals surface area contributed by atoms with Crippen molar-refractivity contribution in [3.8, 4) is 11.5 Å². The molecule has 6 heteroatoms. The second-order valence-corrected chi connectivity index (χ2v) is 5.51. The number of nitrogens with one attached hydrogen (secondary N) is 1. The van der Waals surface area contributed by atoms with Gasteiger partial charge < -0.3 is 19.9 Å². The third kappa shape index (κ3) is 5.63. The minimum Gasteiger partial charge on any atom is -0.496 e. The molecule has 1 amide bonds. The number of carbonyl (C=O) groups excluding carboxylic acids is 1. The quantitative estimate of drug-likeness (QED) is 0.767. The predicted molar refractivity (Wildman–Crippen MR) is 82.2 cm³/mol. The van der Waals surface area contributed by atoms with Gasteiger partial charge in [-0.05, 0) is 43.0 Å². The van der Waals surface area contributed by atoms with E-state index in [1.165, 1.54) is 0 Å². The summed E-state index contributed by atoms with van der Waals surface area (Å²) in [7, 11) is 1.58. The number of hydrogen-bond donors (Lipinski definition) is 2. The van der Waals surface area contributed by atoms with Gasteiger partial charge in [-0.3, -0.25) is 4.79 Å². The lowest BCUT2D eigenvalue weighted by Gasteiger charge is -2.16. The highest BCUT2D eigenvalue weighted by Crippen LogP contribution is 2.22. The van der Waals surface area contributed by atoms with E-state index in [0.29, 0.717) is 12.2 Å². The summed E-state index contributed by atoms with van der Waals surface area (Å²) in [6, 6.07) is 4.31. The summed E-state index contributed by atoms with van der Waals surface area (Å²) < 4.78 is 10.5. The molecular weight excluding hydrogens is 286 g/mol. The fraction of sp³-hybridized carbons (Fsp3) is 0.500. The van der Waals surface area contributed by atoms with Crippen molar-refractivity contribution in [3.05, 3.63) is 23.8 Å². The number of amides is 1. The molecule has 0 radical (unpaired) electrons. The van der Waals surface area contributed by atoms with Gasteiger partial charge in [-0.15, -0.1) is 0 Å². The molecule has 1 atom stereocenters. The summed E-state index contributed by atoms with van der Waals surface area (Å²) in [6.45, 7) is 5.44. The van der Waals surface area contributed by atoms with E-state index in [4.69, 9.17) is 14.6 Å². The van der Waals surface area contributed by atoms with Crippen molar-refractivity contribution < 1.29 is 24.2 Å². The Hall–Kier alpha value is -2.24. The summed E-state index contributed by atoms with van der Waals surface area (Å²) in [5.74, 6) is -0.0562. The highest BCUT2D eigenvalue weighted by atomic mass is 16.5. The minimum atomic E-state index is -1.04. The fourth-order valence-corrected chi connectivity index (χ4v) is 2.02. The van der Waals surface area contributed by atoms with Crippen molar-refractivity contribution in [3.63, 3.8) is 0 Å². The number of benzene rings is 1. The minimum absolute atomic E-state index is 0.173. The van der Waals surface area contributed by atoms with Crippen LogP contribution in [0.2, 0.25) is 0 Å².